The van der Waals surface area contributed by atoms with E-state index in [9.17, 15) is 9.18 Å². The first-order chi connectivity index (χ1) is 15.6. The van der Waals surface area contributed by atoms with Crippen LogP contribution in [0.1, 0.15) is 48.2 Å². The molecule has 1 amide bonds. The molecule has 0 bridgehead atoms. The molecule has 3 heterocycles. The summed E-state index contributed by atoms with van der Waals surface area (Å²) in [5.74, 6) is 0.754. The third kappa shape index (κ3) is 3.88. The van der Waals surface area contributed by atoms with Gasteiger partial charge in [0.25, 0.3) is 5.91 Å². The van der Waals surface area contributed by atoms with Crippen molar-refractivity contribution in [3.63, 3.8) is 0 Å². The Kier molecular flexibility index (Phi) is 5.64. The lowest BCUT2D eigenvalue weighted by Gasteiger charge is -2.38. The highest BCUT2D eigenvalue weighted by Crippen LogP contribution is 2.40. The SMILES string of the molecule is COc1cccc2cc(C(=O)N3CCC[C@@]4(CCCN4Cc4cccc(F)c4)CC3)oc12. The monoisotopic (exact) mass is 436 g/mol. The standard InChI is InChI=1S/C26H29FN2O3/c1-31-22-9-3-7-20-17-23(32-24(20)22)25(30)28-13-4-10-26(12-15-28)11-5-14-29(26)18-19-6-2-8-21(27)16-19/h2-3,6-9,16-17H,4-5,10-15,18H2,1H3/t26-/m1/s1. The molecule has 168 valence electrons. The Hall–Kier alpha value is -2.86. The van der Waals surface area contributed by atoms with Crippen LogP contribution in [0.5, 0.6) is 5.75 Å². The van der Waals surface area contributed by atoms with Crippen LogP contribution in [-0.2, 0) is 6.54 Å². The van der Waals surface area contributed by atoms with E-state index >= 15 is 0 Å². The zero-order valence-electron chi connectivity index (χ0n) is 18.5. The number of hydrogen-bond donors (Lipinski definition) is 0. The van der Waals surface area contributed by atoms with Gasteiger partial charge in [-0.25, -0.2) is 4.39 Å². The minimum atomic E-state index is -0.184. The van der Waals surface area contributed by atoms with Gasteiger partial charge in [-0.05, 0) is 68.5 Å². The Bertz CT molecular complexity index is 1130. The van der Waals surface area contributed by atoms with Crippen molar-refractivity contribution in [1.82, 2.24) is 9.80 Å². The van der Waals surface area contributed by atoms with Gasteiger partial charge in [0, 0.05) is 30.6 Å². The van der Waals surface area contributed by atoms with Crippen molar-refractivity contribution in [2.24, 2.45) is 0 Å². The van der Waals surface area contributed by atoms with E-state index in [1.165, 1.54) is 6.07 Å². The summed E-state index contributed by atoms with van der Waals surface area (Å²) in [4.78, 5) is 17.7. The van der Waals surface area contributed by atoms with Gasteiger partial charge >= 0.3 is 0 Å². The van der Waals surface area contributed by atoms with Gasteiger partial charge in [0.05, 0.1) is 7.11 Å². The molecule has 2 fully saturated rings. The highest BCUT2D eigenvalue weighted by atomic mass is 19.1. The molecule has 2 aliphatic rings. The molecular formula is C26H29FN2O3. The van der Waals surface area contributed by atoms with E-state index in [0.29, 0.717) is 23.6 Å². The van der Waals surface area contributed by atoms with E-state index in [2.05, 4.69) is 4.90 Å². The Morgan fingerprint density at radius 1 is 1.06 bits per heavy atom. The van der Waals surface area contributed by atoms with E-state index in [1.807, 2.05) is 35.2 Å². The van der Waals surface area contributed by atoms with Gasteiger partial charge in [-0.3, -0.25) is 9.69 Å². The van der Waals surface area contributed by atoms with Gasteiger partial charge in [0.2, 0.25) is 0 Å². The molecule has 1 spiro atoms. The number of carbonyl (C=O) groups excluding carboxylic acids is 1. The first-order valence-corrected chi connectivity index (χ1v) is 11.4. The van der Waals surface area contributed by atoms with Gasteiger partial charge < -0.3 is 14.1 Å². The number of hydrogen-bond acceptors (Lipinski definition) is 4. The molecule has 0 unspecified atom stereocenters. The van der Waals surface area contributed by atoms with Gasteiger partial charge in [-0.1, -0.05) is 24.3 Å². The number of methoxy groups -OCH3 is 1. The summed E-state index contributed by atoms with van der Waals surface area (Å²) in [6, 6.07) is 14.4. The topological polar surface area (TPSA) is 45.9 Å². The first kappa shape index (κ1) is 21.0. The number of likely N-dealkylation sites (tertiary alicyclic amines) is 2. The highest BCUT2D eigenvalue weighted by molar-refractivity contribution is 5.97. The van der Waals surface area contributed by atoms with E-state index in [4.69, 9.17) is 9.15 Å². The maximum atomic E-state index is 13.7. The third-order valence-corrected chi connectivity index (χ3v) is 7.15. The molecule has 2 aromatic carbocycles. The second-order valence-corrected chi connectivity index (χ2v) is 9.01. The number of ether oxygens (including phenoxy) is 1. The normalized spacial score (nSPS) is 21.9. The first-order valence-electron chi connectivity index (χ1n) is 11.4. The van der Waals surface area contributed by atoms with E-state index in [1.54, 1.807) is 19.2 Å². The largest absolute Gasteiger partial charge is 0.493 e. The smallest absolute Gasteiger partial charge is 0.289 e. The number of furan rings is 1. The molecule has 32 heavy (non-hydrogen) atoms. The van der Waals surface area contributed by atoms with Gasteiger partial charge in [0.15, 0.2) is 17.1 Å². The number of carbonyl (C=O) groups is 1. The summed E-state index contributed by atoms with van der Waals surface area (Å²) in [6.45, 7) is 3.21. The number of amides is 1. The van der Waals surface area contributed by atoms with Crippen molar-refractivity contribution in [1.29, 1.82) is 0 Å². The molecule has 0 aliphatic carbocycles. The lowest BCUT2D eigenvalue weighted by molar-refractivity contribution is 0.0709. The van der Waals surface area contributed by atoms with Crippen LogP contribution in [0.4, 0.5) is 4.39 Å². The Balaban J connectivity index is 1.32. The molecule has 0 N–H and O–H groups in total. The molecule has 6 heteroatoms. The summed E-state index contributed by atoms with van der Waals surface area (Å²) in [7, 11) is 1.60. The van der Waals surface area contributed by atoms with Crippen molar-refractivity contribution in [2.75, 3.05) is 26.7 Å². The zero-order chi connectivity index (χ0) is 22.1. The second-order valence-electron chi connectivity index (χ2n) is 9.01. The fourth-order valence-electron chi connectivity index (χ4n) is 5.50. The second kappa shape index (κ2) is 8.58. The van der Waals surface area contributed by atoms with E-state index < -0.39 is 0 Å². The number of rotatable bonds is 4. The number of fused-ring (bicyclic) bond motifs is 1. The summed E-state index contributed by atoms with van der Waals surface area (Å²) in [6.07, 6.45) is 5.21. The minimum absolute atomic E-state index is 0.0602. The van der Waals surface area contributed by atoms with Crippen molar-refractivity contribution < 1.29 is 18.3 Å². The van der Waals surface area contributed by atoms with Crippen LogP contribution in [-0.4, -0.2) is 48.0 Å². The maximum absolute atomic E-state index is 13.7. The minimum Gasteiger partial charge on any atom is -0.493 e. The predicted molar refractivity (Wildman–Crippen MR) is 121 cm³/mol. The molecular weight excluding hydrogens is 407 g/mol. The Morgan fingerprint density at radius 3 is 2.69 bits per heavy atom. The zero-order valence-corrected chi connectivity index (χ0v) is 18.5. The van der Waals surface area contributed by atoms with Gasteiger partial charge in [0.1, 0.15) is 5.82 Å². The molecule has 1 aromatic heterocycles. The molecule has 5 rings (SSSR count). The number of para-hydroxylation sites is 1. The molecule has 2 aliphatic heterocycles. The lowest BCUT2D eigenvalue weighted by atomic mass is 9.87. The Labute approximate surface area is 187 Å². The molecule has 1 atom stereocenters. The fraction of sp³-hybridized carbons (Fsp3) is 0.423. The van der Waals surface area contributed by atoms with Crippen LogP contribution in [0, 0.1) is 5.82 Å². The van der Waals surface area contributed by atoms with Crippen LogP contribution in [0.15, 0.2) is 52.9 Å². The average molecular weight is 437 g/mol. The number of benzene rings is 2. The summed E-state index contributed by atoms with van der Waals surface area (Å²) < 4.78 is 25.0. The molecule has 0 radical (unpaired) electrons. The summed E-state index contributed by atoms with van der Waals surface area (Å²) in [5, 5.41) is 0.871. The van der Waals surface area contributed by atoms with Crippen molar-refractivity contribution in [3.05, 3.63) is 65.7 Å². The van der Waals surface area contributed by atoms with E-state index in [0.717, 1.165) is 62.7 Å². The Morgan fingerprint density at radius 2 is 1.88 bits per heavy atom. The predicted octanol–water partition coefficient (Wildman–Crippen LogP) is 5.24. The van der Waals surface area contributed by atoms with Crippen LogP contribution in [0.25, 0.3) is 11.0 Å². The molecule has 3 aromatic rings. The maximum Gasteiger partial charge on any atom is 0.289 e. The van der Waals surface area contributed by atoms with Crippen molar-refractivity contribution in [2.45, 2.75) is 44.2 Å². The van der Waals surface area contributed by atoms with Crippen molar-refractivity contribution in [3.8, 4) is 5.75 Å². The lowest BCUT2D eigenvalue weighted by Crippen LogP contribution is -2.44. The summed E-state index contributed by atoms with van der Waals surface area (Å²) >= 11 is 0. The third-order valence-electron chi connectivity index (χ3n) is 7.15. The highest BCUT2D eigenvalue weighted by Gasteiger charge is 2.42. The number of nitrogens with zero attached hydrogens (tertiary/aromatic N) is 2. The van der Waals surface area contributed by atoms with Gasteiger partial charge in [-0.2, -0.15) is 0 Å². The molecule has 2 saturated heterocycles. The van der Waals surface area contributed by atoms with Crippen molar-refractivity contribution >= 4 is 16.9 Å². The van der Waals surface area contributed by atoms with Crippen LogP contribution in [0.3, 0.4) is 0 Å². The van der Waals surface area contributed by atoms with Gasteiger partial charge in [-0.15, -0.1) is 0 Å². The quantitative estimate of drug-likeness (QED) is 0.561. The number of halogens is 1. The fourth-order valence-corrected chi connectivity index (χ4v) is 5.50. The van der Waals surface area contributed by atoms with Crippen LogP contribution < -0.4 is 4.74 Å². The van der Waals surface area contributed by atoms with Crippen LogP contribution >= 0.6 is 0 Å². The molecule has 0 saturated carbocycles. The average Bonchev–Trinajstić information content (AvgIpc) is 3.33. The van der Waals surface area contributed by atoms with Crippen LogP contribution in [0.2, 0.25) is 0 Å². The van der Waals surface area contributed by atoms with E-state index in [-0.39, 0.29) is 17.3 Å². The summed E-state index contributed by atoms with van der Waals surface area (Å²) in [5.41, 5.74) is 1.71. The molecule has 5 nitrogen and oxygen atoms in total.